The van der Waals surface area contributed by atoms with E-state index in [-0.39, 0.29) is 30.7 Å². The van der Waals surface area contributed by atoms with Crippen molar-refractivity contribution < 1.29 is 24.0 Å². The number of carbonyl (C=O) groups is 5. The van der Waals surface area contributed by atoms with Crippen LogP contribution in [0.3, 0.4) is 0 Å². The molecule has 6 rings (SSSR count). The van der Waals surface area contributed by atoms with E-state index in [1.807, 2.05) is 60.7 Å². The topological polar surface area (TPSA) is 203 Å². The third-order valence-electron chi connectivity index (χ3n) is 13.9. The van der Waals surface area contributed by atoms with Crippen molar-refractivity contribution in [2.45, 2.75) is 151 Å². The summed E-state index contributed by atoms with van der Waals surface area (Å²) in [5, 5.41) is 10.6. The Morgan fingerprint density at radius 1 is 0.710 bits per heavy atom. The van der Waals surface area contributed by atoms with Crippen molar-refractivity contribution >= 4 is 40.1 Å². The largest absolute Gasteiger partial charge is 0.343 e. The number of likely N-dealkylation sites (N-methyl/N-ethyl adjacent to an activating group) is 1. The number of carbonyl (C=O) groups excluding carboxylic acids is 5. The standard InChI is InChI=1S/C50H71N7O5/c1-54-43(33-36-21-9-4-10-22-36)48(61)55-42(27-13-14-29-51)49(62)57-30-16-28-44(57)46(59)50(39-26-15-24-37-23-11-12-25-38(37)39,45(58)40(52)31-34-17-5-2-6-18-34)56-47(60)41(53)32-35-19-7-3-8-20-35/h4,9-12,15,21-26,34-35,40-44,54H,2-3,5-8,13-14,16-20,27-33,51-53H2,1H3,(H,55,61)(H,56,60)/t40-,41+,42+,43+,44+,50?/m1/s1. The van der Waals surface area contributed by atoms with Crippen LogP contribution < -0.4 is 33.2 Å². The van der Waals surface area contributed by atoms with Crippen LogP contribution >= 0.6 is 0 Å². The van der Waals surface area contributed by atoms with Crippen molar-refractivity contribution in [2.75, 3.05) is 20.1 Å². The lowest BCUT2D eigenvalue weighted by Crippen LogP contribution is -2.67. The van der Waals surface area contributed by atoms with Crippen molar-refractivity contribution in [1.29, 1.82) is 0 Å². The zero-order valence-electron chi connectivity index (χ0n) is 36.8. The van der Waals surface area contributed by atoms with Gasteiger partial charge in [0, 0.05) is 12.1 Å². The normalized spacial score (nSPS) is 20.5. The number of nitrogens with one attached hydrogen (secondary N) is 3. The molecule has 0 bridgehead atoms. The molecule has 1 unspecified atom stereocenters. The van der Waals surface area contributed by atoms with E-state index < -0.39 is 59.1 Å². The molecule has 1 saturated heterocycles. The second-order valence-electron chi connectivity index (χ2n) is 18.3. The Hall–Kier alpha value is -4.49. The summed E-state index contributed by atoms with van der Waals surface area (Å²) in [6, 6.07) is 17.9. The molecule has 3 aromatic rings. The van der Waals surface area contributed by atoms with Gasteiger partial charge in [0.15, 0.2) is 17.1 Å². The first-order valence-corrected chi connectivity index (χ1v) is 23.5. The van der Waals surface area contributed by atoms with E-state index in [4.69, 9.17) is 17.2 Å². The quantitative estimate of drug-likeness (QED) is 0.0606. The Bertz CT molecular complexity index is 1960. The monoisotopic (exact) mass is 850 g/mol. The van der Waals surface area contributed by atoms with Gasteiger partial charge in [0.05, 0.1) is 24.2 Å². The predicted octanol–water partition coefficient (Wildman–Crippen LogP) is 5.32. The molecule has 62 heavy (non-hydrogen) atoms. The first-order valence-electron chi connectivity index (χ1n) is 23.5. The number of likely N-dealkylation sites (tertiary alicyclic amines) is 1. The number of Topliss-reactive ketones (excluding diaryl/α,β-unsaturated/α-hetero) is 2. The third kappa shape index (κ3) is 11.4. The highest BCUT2D eigenvalue weighted by atomic mass is 16.2. The lowest BCUT2D eigenvalue weighted by molar-refractivity contribution is -0.149. The molecule has 3 aliphatic rings. The lowest BCUT2D eigenvalue weighted by Gasteiger charge is -2.40. The minimum atomic E-state index is -2.26. The third-order valence-corrected chi connectivity index (χ3v) is 13.9. The van der Waals surface area contributed by atoms with Crippen molar-refractivity contribution in [1.82, 2.24) is 20.9 Å². The molecule has 9 N–H and O–H groups in total. The van der Waals surface area contributed by atoms with Gasteiger partial charge in [0.25, 0.3) is 0 Å². The van der Waals surface area contributed by atoms with Crippen molar-refractivity contribution in [3.8, 4) is 0 Å². The Morgan fingerprint density at radius 2 is 1.34 bits per heavy atom. The maximum atomic E-state index is 16.0. The van der Waals surface area contributed by atoms with Crippen LogP contribution in [0.15, 0.2) is 72.8 Å². The number of fused-ring (bicyclic) bond motifs is 1. The van der Waals surface area contributed by atoms with Crippen LogP contribution in [0.2, 0.25) is 0 Å². The highest BCUT2D eigenvalue weighted by molar-refractivity contribution is 6.20. The maximum absolute atomic E-state index is 16.0. The van der Waals surface area contributed by atoms with E-state index >= 15 is 9.59 Å². The summed E-state index contributed by atoms with van der Waals surface area (Å²) in [6.45, 7) is 0.660. The van der Waals surface area contributed by atoms with E-state index in [0.29, 0.717) is 62.4 Å². The zero-order valence-corrected chi connectivity index (χ0v) is 36.8. The molecule has 0 aromatic heterocycles. The molecule has 3 fully saturated rings. The van der Waals surface area contributed by atoms with Gasteiger partial charge >= 0.3 is 0 Å². The fourth-order valence-electron chi connectivity index (χ4n) is 10.4. The van der Waals surface area contributed by atoms with Crippen molar-refractivity contribution in [3.05, 3.63) is 83.9 Å². The maximum Gasteiger partial charge on any atom is 0.245 e. The average molecular weight is 850 g/mol. The van der Waals surface area contributed by atoms with Crippen LogP contribution in [0.1, 0.15) is 120 Å². The van der Waals surface area contributed by atoms with Gasteiger partial charge in [-0.3, -0.25) is 24.0 Å². The molecule has 3 amide bonds. The molecule has 6 atom stereocenters. The second kappa shape index (κ2) is 22.7. The van der Waals surface area contributed by atoms with E-state index in [9.17, 15) is 14.4 Å². The number of rotatable bonds is 21. The Labute approximate surface area is 368 Å². The van der Waals surface area contributed by atoms with E-state index in [1.54, 1.807) is 19.2 Å². The summed E-state index contributed by atoms with van der Waals surface area (Å²) in [5.74, 6) is -2.06. The first kappa shape index (κ1) is 47.0. The summed E-state index contributed by atoms with van der Waals surface area (Å²) in [6.07, 6.45) is 13.9. The van der Waals surface area contributed by atoms with E-state index in [2.05, 4.69) is 16.0 Å². The number of unbranched alkanes of at least 4 members (excludes halogenated alkanes) is 1. The van der Waals surface area contributed by atoms with E-state index in [0.717, 1.165) is 75.2 Å². The van der Waals surface area contributed by atoms with Gasteiger partial charge in [0.1, 0.15) is 6.04 Å². The summed E-state index contributed by atoms with van der Waals surface area (Å²) >= 11 is 0. The minimum Gasteiger partial charge on any atom is -0.343 e. The Morgan fingerprint density at radius 3 is 2.00 bits per heavy atom. The molecular formula is C50H71N7O5. The highest BCUT2D eigenvalue weighted by Crippen LogP contribution is 2.38. The second-order valence-corrected chi connectivity index (χ2v) is 18.3. The molecular weight excluding hydrogens is 779 g/mol. The number of amides is 3. The molecule has 0 radical (unpaired) electrons. The summed E-state index contributed by atoms with van der Waals surface area (Å²) < 4.78 is 0. The lowest BCUT2D eigenvalue weighted by atomic mass is 9.72. The number of benzene rings is 3. The molecule has 336 valence electrons. The van der Waals surface area contributed by atoms with Crippen LogP contribution in [-0.2, 0) is 35.9 Å². The molecule has 1 heterocycles. The number of nitrogens with zero attached hydrogens (tertiary/aromatic N) is 1. The summed E-state index contributed by atoms with van der Waals surface area (Å²) in [5.41, 5.74) is 18.6. The first-order chi connectivity index (χ1) is 30.1. The summed E-state index contributed by atoms with van der Waals surface area (Å²) in [7, 11) is 1.71. The van der Waals surface area contributed by atoms with Gasteiger partial charge in [-0.1, -0.05) is 137 Å². The number of hydrogen-bond donors (Lipinski definition) is 6. The fraction of sp³-hybridized carbons (Fsp3) is 0.580. The number of hydrogen-bond acceptors (Lipinski definition) is 9. The molecule has 0 spiro atoms. The van der Waals surface area contributed by atoms with Gasteiger partial charge in [-0.2, -0.15) is 0 Å². The number of ketones is 2. The van der Waals surface area contributed by atoms with Gasteiger partial charge in [-0.25, -0.2) is 0 Å². The zero-order chi connectivity index (χ0) is 44.1. The van der Waals surface area contributed by atoms with Gasteiger partial charge in [-0.05, 0) is 93.1 Å². The average Bonchev–Trinajstić information content (AvgIpc) is 3.80. The van der Waals surface area contributed by atoms with Gasteiger partial charge in [0.2, 0.25) is 17.7 Å². The molecule has 1 aliphatic heterocycles. The molecule has 2 aliphatic carbocycles. The van der Waals surface area contributed by atoms with Crippen molar-refractivity contribution in [2.24, 2.45) is 29.0 Å². The Balaban J connectivity index is 1.39. The molecule has 12 heteroatoms. The molecule has 12 nitrogen and oxygen atoms in total. The van der Waals surface area contributed by atoms with Gasteiger partial charge in [-0.15, -0.1) is 0 Å². The SMILES string of the molecule is CN[C@@H](Cc1ccccc1)C(=O)N[C@@H](CCCCN)C(=O)N1CCC[C@H]1C(=O)C(NC(=O)[C@@H](N)CC1CCCCC1)(C(=O)[C@H](N)CC1CCCCC1)c1cccc2ccccc12. The van der Waals surface area contributed by atoms with Crippen LogP contribution in [0, 0.1) is 11.8 Å². The fourth-order valence-corrected chi connectivity index (χ4v) is 10.4. The smallest absolute Gasteiger partial charge is 0.245 e. The van der Waals surface area contributed by atoms with Crippen LogP contribution in [-0.4, -0.2) is 84.5 Å². The van der Waals surface area contributed by atoms with Gasteiger partial charge < -0.3 is 38.1 Å². The minimum absolute atomic E-state index is 0.207. The highest BCUT2D eigenvalue weighted by Gasteiger charge is 2.56. The van der Waals surface area contributed by atoms with Crippen LogP contribution in [0.5, 0.6) is 0 Å². The predicted molar refractivity (Wildman–Crippen MR) is 245 cm³/mol. The van der Waals surface area contributed by atoms with Crippen molar-refractivity contribution in [3.63, 3.8) is 0 Å². The van der Waals surface area contributed by atoms with Crippen LogP contribution in [0.4, 0.5) is 0 Å². The molecule has 3 aromatic carbocycles. The molecule has 2 saturated carbocycles. The van der Waals surface area contributed by atoms with Crippen LogP contribution in [0.25, 0.3) is 10.8 Å². The summed E-state index contributed by atoms with van der Waals surface area (Å²) in [4.78, 5) is 76.7. The van der Waals surface area contributed by atoms with E-state index in [1.165, 1.54) is 4.90 Å². The number of nitrogens with two attached hydrogens (primary N) is 3. The Kier molecular flexibility index (Phi) is 17.2.